The van der Waals surface area contributed by atoms with Crippen LogP contribution in [0.1, 0.15) is 30.4 Å². The fourth-order valence-electron chi connectivity index (χ4n) is 2.04. The van der Waals surface area contributed by atoms with Crippen molar-refractivity contribution in [3.05, 3.63) is 29.7 Å². The third kappa shape index (κ3) is 4.04. The van der Waals surface area contributed by atoms with Crippen LogP contribution < -0.4 is 10.1 Å². The molecular formula is C15H16F2N6O2S. The highest BCUT2D eigenvalue weighted by molar-refractivity contribution is 7.13. The summed E-state index contributed by atoms with van der Waals surface area (Å²) >= 11 is 1.29. The van der Waals surface area contributed by atoms with Gasteiger partial charge < -0.3 is 10.1 Å². The van der Waals surface area contributed by atoms with Crippen molar-refractivity contribution >= 4 is 22.9 Å². The lowest BCUT2D eigenvalue weighted by Crippen LogP contribution is -2.14. The van der Waals surface area contributed by atoms with Crippen molar-refractivity contribution in [1.29, 1.82) is 0 Å². The van der Waals surface area contributed by atoms with Crippen LogP contribution in [0, 0.1) is 0 Å². The molecule has 138 valence electrons. The van der Waals surface area contributed by atoms with E-state index in [1.807, 2.05) is 13.8 Å². The number of rotatable bonds is 7. The number of anilines is 1. The molecule has 0 bridgehead atoms. The minimum absolute atomic E-state index is 0.0264. The van der Waals surface area contributed by atoms with Gasteiger partial charge in [-0.05, 0) is 13.8 Å². The number of halogens is 2. The number of nitrogens with zero attached hydrogens (tertiary/aromatic N) is 4. The van der Waals surface area contributed by atoms with Crippen molar-refractivity contribution in [2.75, 3.05) is 11.9 Å². The number of amides is 1. The molecule has 0 aliphatic heterocycles. The summed E-state index contributed by atoms with van der Waals surface area (Å²) in [5, 5.41) is 15.5. The molecule has 8 nitrogen and oxygen atoms in total. The van der Waals surface area contributed by atoms with E-state index >= 15 is 0 Å². The Hall–Kier alpha value is -2.82. The highest BCUT2D eigenvalue weighted by Crippen LogP contribution is 2.27. The van der Waals surface area contributed by atoms with Crippen molar-refractivity contribution in [3.8, 4) is 16.5 Å². The Bertz CT molecular complexity index is 875. The van der Waals surface area contributed by atoms with Gasteiger partial charge in [0.15, 0.2) is 6.61 Å². The van der Waals surface area contributed by atoms with Crippen LogP contribution in [0.15, 0.2) is 24.0 Å². The van der Waals surface area contributed by atoms with Gasteiger partial charge in [-0.25, -0.2) is 13.8 Å². The summed E-state index contributed by atoms with van der Waals surface area (Å²) in [7, 11) is 0. The summed E-state index contributed by atoms with van der Waals surface area (Å²) in [6, 6.07) is -0.0264. The molecule has 3 heterocycles. The number of carbonyl (C=O) groups excluding carboxylic acids is 1. The number of nitrogens with one attached hydrogen (secondary N) is 2. The van der Waals surface area contributed by atoms with E-state index in [4.69, 9.17) is 4.74 Å². The van der Waals surface area contributed by atoms with Crippen LogP contribution in [-0.4, -0.2) is 43.9 Å². The van der Waals surface area contributed by atoms with Gasteiger partial charge in [-0.1, -0.05) is 0 Å². The largest absolute Gasteiger partial charge is 0.469 e. The van der Waals surface area contributed by atoms with E-state index in [0.717, 1.165) is 5.56 Å². The normalized spacial score (nSPS) is 11.3. The van der Waals surface area contributed by atoms with Gasteiger partial charge >= 0.3 is 0 Å². The van der Waals surface area contributed by atoms with Crippen molar-refractivity contribution in [1.82, 2.24) is 25.0 Å². The molecular weight excluding hydrogens is 366 g/mol. The maximum Gasteiger partial charge on any atom is 0.275 e. The van der Waals surface area contributed by atoms with Gasteiger partial charge in [0.1, 0.15) is 16.4 Å². The Morgan fingerprint density at radius 2 is 2.27 bits per heavy atom. The first-order valence-corrected chi connectivity index (χ1v) is 8.58. The third-order valence-corrected chi connectivity index (χ3v) is 4.19. The Morgan fingerprint density at radius 1 is 1.46 bits per heavy atom. The molecule has 0 aliphatic rings. The Kier molecular flexibility index (Phi) is 5.26. The minimum atomic E-state index is -2.64. The number of carbonyl (C=O) groups is 1. The van der Waals surface area contributed by atoms with Crippen molar-refractivity contribution < 1.29 is 18.3 Å². The molecule has 0 atom stereocenters. The van der Waals surface area contributed by atoms with Crippen molar-refractivity contribution in [2.45, 2.75) is 26.3 Å². The van der Waals surface area contributed by atoms with Crippen LogP contribution in [0.2, 0.25) is 0 Å². The van der Waals surface area contributed by atoms with Crippen LogP contribution in [-0.2, 0) is 0 Å². The smallest absolute Gasteiger partial charge is 0.275 e. The lowest BCUT2D eigenvalue weighted by molar-refractivity contribution is 0.0794. The first-order chi connectivity index (χ1) is 12.4. The molecule has 0 radical (unpaired) electrons. The maximum atomic E-state index is 12.4. The molecule has 0 aliphatic carbocycles. The molecule has 0 spiro atoms. The molecule has 26 heavy (non-hydrogen) atoms. The Morgan fingerprint density at radius 3 is 2.92 bits per heavy atom. The summed E-state index contributed by atoms with van der Waals surface area (Å²) in [6.07, 6.45) is 2.17. The second-order valence-electron chi connectivity index (χ2n) is 5.60. The lowest BCUT2D eigenvalue weighted by atomic mass is 10.3. The zero-order valence-corrected chi connectivity index (χ0v) is 14.8. The molecule has 0 saturated carbocycles. The van der Waals surface area contributed by atoms with Gasteiger partial charge in [0.2, 0.25) is 0 Å². The Labute approximate surface area is 151 Å². The minimum Gasteiger partial charge on any atom is -0.469 e. The SMILES string of the molecule is CC(C)n1cc(NC(=O)c2csc(-c3cn[nH]c3)n2)c(OCC(F)F)n1. The predicted octanol–water partition coefficient (Wildman–Crippen LogP) is 3.21. The first-order valence-electron chi connectivity index (χ1n) is 7.70. The van der Waals surface area contributed by atoms with E-state index in [1.165, 1.54) is 22.2 Å². The molecule has 0 aromatic carbocycles. The zero-order chi connectivity index (χ0) is 18.7. The Balaban J connectivity index is 1.77. The second-order valence-corrected chi connectivity index (χ2v) is 6.46. The predicted molar refractivity (Wildman–Crippen MR) is 91.8 cm³/mol. The van der Waals surface area contributed by atoms with Gasteiger partial charge in [0.05, 0.1) is 12.4 Å². The topological polar surface area (TPSA) is 97.7 Å². The summed E-state index contributed by atoms with van der Waals surface area (Å²) in [5.41, 5.74) is 1.17. The molecule has 11 heteroatoms. The van der Waals surface area contributed by atoms with E-state index in [-0.39, 0.29) is 23.3 Å². The number of hydrogen-bond donors (Lipinski definition) is 2. The van der Waals surface area contributed by atoms with Crippen LogP contribution in [0.5, 0.6) is 5.88 Å². The van der Waals surface area contributed by atoms with Gasteiger partial charge in [-0.3, -0.25) is 14.6 Å². The molecule has 1 amide bonds. The number of aromatic amines is 1. The molecule has 3 rings (SSSR count). The molecule has 3 aromatic rings. The summed E-state index contributed by atoms with van der Waals surface area (Å²) in [5.74, 6) is -0.543. The van der Waals surface area contributed by atoms with E-state index in [0.29, 0.717) is 5.01 Å². The molecule has 3 aromatic heterocycles. The third-order valence-electron chi connectivity index (χ3n) is 3.30. The van der Waals surface area contributed by atoms with E-state index in [1.54, 1.807) is 17.8 Å². The van der Waals surface area contributed by atoms with Crippen LogP contribution in [0.4, 0.5) is 14.5 Å². The quantitative estimate of drug-likeness (QED) is 0.654. The number of H-pyrrole nitrogens is 1. The van der Waals surface area contributed by atoms with Gasteiger partial charge in [-0.15, -0.1) is 16.4 Å². The van der Waals surface area contributed by atoms with E-state index in [2.05, 4.69) is 25.6 Å². The summed E-state index contributed by atoms with van der Waals surface area (Å²) in [4.78, 5) is 16.7. The summed E-state index contributed by atoms with van der Waals surface area (Å²) < 4.78 is 31.4. The highest BCUT2D eigenvalue weighted by atomic mass is 32.1. The zero-order valence-electron chi connectivity index (χ0n) is 13.9. The number of thiazole rings is 1. The summed E-state index contributed by atoms with van der Waals surface area (Å²) in [6.45, 7) is 2.93. The van der Waals surface area contributed by atoms with Crippen LogP contribution in [0.3, 0.4) is 0 Å². The number of hydrogen-bond acceptors (Lipinski definition) is 6. The van der Waals surface area contributed by atoms with Crippen LogP contribution in [0.25, 0.3) is 10.6 Å². The van der Waals surface area contributed by atoms with E-state index in [9.17, 15) is 13.6 Å². The lowest BCUT2D eigenvalue weighted by Gasteiger charge is -2.05. The standard InChI is InChI=1S/C15H16F2N6O2S/c1-8(2)23-5-10(14(22-23)25-6-12(16)17)20-13(24)11-7-26-15(21-11)9-3-18-19-4-9/h3-5,7-8,12H,6H2,1-2H3,(H,18,19)(H,20,24). The van der Waals surface area contributed by atoms with Crippen molar-refractivity contribution in [3.63, 3.8) is 0 Å². The highest BCUT2D eigenvalue weighted by Gasteiger charge is 2.19. The molecule has 0 saturated heterocycles. The first kappa shape index (κ1) is 18.0. The monoisotopic (exact) mass is 382 g/mol. The van der Waals surface area contributed by atoms with Crippen molar-refractivity contribution in [2.24, 2.45) is 0 Å². The number of alkyl halides is 2. The van der Waals surface area contributed by atoms with E-state index < -0.39 is 18.9 Å². The van der Waals surface area contributed by atoms with Crippen LogP contribution >= 0.6 is 11.3 Å². The average Bonchev–Trinajstić information content (AvgIpc) is 3.32. The molecule has 2 N–H and O–H groups in total. The number of ether oxygens (including phenoxy) is 1. The average molecular weight is 382 g/mol. The maximum absolute atomic E-state index is 12.4. The van der Waals surface area contributed by atoms with Gasteiger partial charge in [0.25, 0.3) is 18.2 Å². The number of aromatic nitrogens is 5. The fraction of sp³-hybridized carbons (Fsp3) is 0.333. The molecule has 0 unspecified atom stereocenters. The van der Waals surface area contributed by atoms with Gasteiger partial charge in [0, 0.05) is 23.2 Å². The van der Waals surface area contributed by atoms with Gasteiger partial charge in [-0.2, -0.15) is 5.10 Å². The fourth-order valence-corrected chi connectivity index (χ4v) is 2.82. The molecule has 0 fully saturated rings. The second kappa shape index (κ2) is 7.60.